The minimum absolute atomic E-state index is 0.203. The molecular formula is C70H45NO2. The zero-order valence-corrected chi connectivity index (χ0v) is 40.3. The van der Waals surface area contributed by atoms with Crippen molar-refractivity contribution in [2.45, 2.75) is 24.7 Å². The van der Waals surface area contributed by atoms with Crippen molar-refractivity contribution >= 4 is 39.0 Å². The molecule has 73 heavy (non-hydrogen) atoms. The van der Waals surface area contributed by atoms with E-state index in [1.165, 1.54) is 72.3 Å². The van der Waals surface area contributed by atoms with Crippen molar-refractivity contribution in [3.63, 3.8) is 0 Å². The van der Waals surface area contributed by atoms with Crippen LogP contribution in [0.3, 0.4) is 0 Å². The minimum Gasteiger partial charge on any atom is -0.456 e. The van der Waals surface area contributed by atoms with Gasteiger partial charge >= 0.3 is 0 Å². The molecule has 12 aromatic rings. The molecule has 3 heteroatoms. The Balaban J connectivity index is 1.02. The number of nitrogens with zero attached hydrogens (tertiary/aromatic N) is 1. The molecule has 11 aromatic carbocycles. The quantitative estimate of drug-likeness (QED) is 0.177. The van der Waals surface area contributed by atoms with Gasteiger partial charge in [-0.05, 0) is 138 Å². The van der Waals surface area contributed by atoms with E-state index in [1.807, 2.05) is 0 Å². The molecule has 1 aromatic heterocycles. The number of anilines is 3. The molecule has 0 radical (unpaired) electrons. The SMILES string of the molecule is CC1(C)c2ccccc2-c2ccc(N(c3ccc4c(c3)-c3ccccc3Oc3ccccc3-4)c3ccc4c(c3)C3(c5ccccc5-c5ccccc5-4)c4ccccc4-c4c3ccc3c4oc4ccccc43)cc21. The maximum absolute atomic E-state index is 6.99. The standard InChI is InChI=1S/C70H45NO2/c1-69(2)58-25-11-5-20-49(58)51-36-33-43(40-62(51)69)71(42-31-34-47-52-21-8-14-28-64(52)72-65-29-15-10-23-54(65)57(47)39-42)44-32-35-50-46-18-4-3-17-45(46)48-19-6-12-26-59(48)70(63(50)41-44)60-27-13-7-24-56(60)67-61(70)38-37-55-53-22-9-16-30-66(53)73-68(55)67/h3-41H,1-2H3. The third-order valence-corrected chi connectivity index (χ3v) is 16.7. The molecule has 16 rings (SSSR count). The van der Waals surface area contributed by atoms with Gasteiger partial charge in [0, 0.05) is 49.9 Å². The molecule has 0 bridgehead atoms. The number of furan rings is 1. The van der Waals surface area contributed by atoms with E-state index in [0.717, 1.165) is 78.3 Å². The van der Waals surface area contributed by atoms with Crippen LogP contribution in [0.1, 0.15) is 47.2 Å². The number of rotatable bonds is 3. The Kier molecular flexibility index (Phi) is 8.16. The van der Waals surface area contributed by atoms with Crippen molar-refractivity contribution in [3.05, 3.63) is 270 Å². The number of para-hydroxylation sites is 3. The molecule has 3 aliphatic carbocycles. The molecule has 0 saturated carbocycles. The van der Waals surface area contributed by atoms with Crippen LogP contribution in [0.2, 0.25) is 0 Å². The maximum atomic E-state index is 6.99. The Hall–Kier alpha value is -9.18. The summed E-state index contributed by atoms with van der Waals surface area (Å²) in [6.45, 7) is 4.75. The summed E-state index contributed by atoms with van der Waals surface area (Å²) in [5, 5.41) is 2.26. The lowest BCUT2D eigenvalue weighted by molar-refractivity contribution is 0.488. The second kappa shape index (κ2) is 14.7. The highest BCUT2D eigenvalue weighted by molar-refractivity contribution is 6.13. The van der Waals surface area contributed by atoms with E-state index in [1.54, 1.807) is 0 Å². The third-order valence-electron chi connectivity index (χ3n) is 16.7. The molecule has 1 unspecified atom stereocenters. The fourth-order valence-corrected chi connectivity index (χ4v) is 13.6. The van der Waals surface area contributed by atoms with Crippen LogP contribution in [0, 0.1) is 0 Å². The van der Waals surface area contributed by atoms with Crippen molar-refractivity contribution in [2.75, 3.05) is 4.90 Å². The molecular weight excluding hydrogens is 887 g/mol. The summed E-state index contributed by atoms with van der Waals surface area (Å²) in [5.41, 5.74) is 26.0. The van der Waals surface area contributed by atoms with Crippen LogP contribution in [0.4, 0.5) is 17.1 Å². The Morgan fingerprint density at radius 2 is 0.781 bits per heavy atom. The van der Waals surface area contributed by atoms with Crippen LogP contribution in [0.15, 0.2) is 241 Å². The minimum atomic E-state index is -0.735. The largest absolute Gasteiger partial charge is 0.456 e. The van der Waals surface area contributed by atoms with Crippen molar-refractivity contribution in [2.24, 2.45) is 0 Å². The molecule has 1 spiro atoms. The molecule has 2 heterocycles. The molecule has 3 nitrogen and oxygen atoms in total. The third kappa shape index (κ3) is 5.38. The Labute approximate surface area is 423 Å². The monoisotopic (exact) mass is 931 g/mol. The van der Waals surface area contributed by atoms with Gasteiger partial charge in [0.2, 0.25) is 0 Å². The Morgan fingerprint density at radius 1 is 0.315 bits per heavy atom. The molecule has 342 valence electrons. The number of hydrogen-bond acceptors (Lipinski definition) is 3. The van der Waals surface area contributed by atoms with E-state index >= 15 is 0 Å². The van der Waals surface area contributed by atoms with Gasteiger partial charge in [0.25, 0.3) is 0 Å². The van der Waals surface area contributed by atoms with E-state index < -0.39 is 5.41 Å². The normalized spacial score (nSPS) is 15.5. The summed E-state index contributed by atoms with van der Waals surface area (Å²) in [4.78, 5) is 2.50. The van der Waals surface area contributed by atoms with E-state index in [2.05, 4.69) is 255 Å². The summed E-state index contributed by atoms with van der Waals surface area (Å²) in [6, 6.07) is 87.6. The zero-order chi connectivity index (χ0) is 48.2. The van der Waals surface area contributed by atoms with Crippen LogP contribution in [0.5, 0.6) is 11.5 Å². The van der Waals surface area contributed by atoms with Gasteiger partial charge in [-0.1, -0.05) is 196 Å². The first-order valence-corrected chi connectivity index (χ1v) is 25.4. The van der Waals surface area contributed by atoms with Gasteiger partial charge in [0.05, 0.1) is 5.41 Å². The maximum Gasteiger partial charge on any atom is 0.143 e. The fraction of sp³-hybridized carbons (Fsp3) is 0.0571. The van der Waals surface area contributed by atoms with E-state index in [-0.39, 0.29) is 5.41 Å². The number of benzene rings is 11. The molecule has 1 aliphatic heterocycles. The first kappa shape index (κ1) is 40.5. The molecule has 0 N–H and O–H groups in total. The van der Waals surface area contributed by atoms with E-state index in [9.17, 15) is 0 Å². The molecule has 0 fully saturated rings. The second-order valence-electron chi connectivity index (χ2n) is 20.6. The van der Waals surface area contributed by atoms with Crippen LogP contribution in [-0.4, -0.2) is 0 Å². The average Bonchev–Trinajstić information content (AvgIpc) is 4.01. The average molecular weight is 932 g/mol. The highest BCUT2D eigenvalue weighted by Crippen LogP contribution is 2.64. The van der Waals surface area contributed by atoms with E-state index in [0.29, 0.717) is 0 Å². The van der Waals surface area contributed by atoms with Gasteiger partial charge in [0.15, 0.2) is 0 Å². The lowest BCUT2D eigenvalue weighted by Gasteiger charge is -2.36. The molecule has 1 atom stereocenters. The first-order valence-electron chi connectivity index (χ1n) is 25.4. The lowest BCUT2D eigenvalue weighted by atomic mass is 9.65. The molecule has 0 amide bonds. The molecule has 4 aliphatic rings. The van der Waals surface area contributed by atoms with Gasteiger partial charge in [-0.3, -0.25) is 0 Å². The van der Waals surface area contributed by atoms with Gasteiger partial charge in [-0.25, -0.2) is 0 Å². The van der Waals surface area contributed by atoms with Gasteiger partial charge in [0.1, 0.15) is 22.7 Å². The Morgan fingerprint density at radius 3 is 1.48 bits per heavy atom. The van der Waals surface area contributed by atoms with Crippen LogP contribution >= 0.6 is 0 Å². The van der Waals surface area contributed by atoms with E-state index in [4.69, 9.17) is 9.15 Å². The summed E-state index contributed by atoms with van der Waals surface area (Å²) < 4.78 is 13.7. The number of ether oxygens (including phenoxy) is 1. The highest BCUT2D eigenvalue weighted by Gasteiger charge is 2.51. The van der Waals surface area contributed by atoms with Crippen LogP contribution in [0.25, 0.3) is 88.7 Å². The fourth-order valence-electron chi connectivity index (χ4n) is 13.6. The summed E-state index contributed by atoms with van der Waals surface area (Å²) in [7, 11) is 0. The number of fused-ring (bicyclic) bond motifs is 24. The second-order valence-corrected chi connectivity index (χ2v) is 20.6. The lowest BCUT2D eigenvalue weighted by Crippen LogP contribution is -2.29. The smallest absolute Gasteiger partial charge is 0.143 e. The van der Waals surface area contributed by atoms with Crippen molar-refractivity contribution in [3.8, 4) is 78.3 Å². The van der Waals surface area contributed by atoms with Gasteiger partial charge < -0.3 is 14.1 Å². The predicted molar refractivity (Wildman–Crippen MR) is 299 cm³/mol. The predicted octanol–water partition coefficient (Wildman–Crippen LogP) is 18.8. The van der Waals surface area contributed by atoms with Crippen LogP contribution < -0.4 is 9.64 Å². The van der Waals surface area contributed by atoms with Gasteiger partial charge in [-0.2, -0.15) is 0 Å². The van der Waals surface area contributed by atoms with Crippen molar-refractivity contribution < 1.29 is 9.15 Å². The topological polar surface area (TPSA) is 25.6 Å². The summed E-state index contributed by atoms with van der Waals surface area (Å²) in [5.74, 6) is 1.70. The highest BCUT2D eigenvalue weighted by atomic mass is 16.5. The zero-order valence-electron chi connectivity index (χ0n) is 40.3. The van der Waals surface area contributed by atoms with Crippen molar-refractivity contribution in [1.82, 2.24) is 0 Å². The molecule has 0 saturated heterocycles. The number of hydrogen-bond donors (Lipinski definition) is 0. The van der Waals surface area contributed by atoms with Gasteiger partial charge in [-0.15, -0.1) is 0 Å². The van der Waals surface area contributed by atoms with Crippen LogP contribution in [-0.2, 0) is 10.8 Å². The summed E-state index contributed by atoms with van der Waals surface area (Å²) in [6.07, 6.45) is 0. The summed E-state index contributed by atoms with van der Waals surface area (Å²) >= 11 is 0. The first-order chi connectivity index (χ1) is 36.0. The Bertz CT molecular complexity index is 4360. The van der Waals surface area contributed by atoms with Crippen molar-refractivity contribution in [1.29, 1.82) is 0 Å².